The van der Waals surface area contributed by atoms with Gasteiger partial charge in [-0.1, -0.05) is 23.2 Å². The number of amides is 2. The van der Waals surface area contributed by atoms with Crippen molar-refractivity contribution in [3.8, 4) is 0 Å². The van der Waals surface area contributed by atoms with E-state index in [1.807, 2.05) is 0 Å². The van der Waals surface area contributed by atoms with Crippen LogP contribution in [0.3, 0.4) is 0 Å². The lowest BCUT2D eigenvalue weighted by atomic mass is 9.99. The molecule has 1 aliphatic rings. The van der Waals surface area contributed by atoms with E-state index in [1.165, 1.54) is 18.2 Å². The Kier molecular flexibility index (Phi) is 5.46. The first-order valence-corrected chi connectivity index (χ1v) is 7.45. The lowest BCUT2D eigenvalue weighted by molar-refractivity contribution is -0.147. The van der Waals surface area contributed by atoms with Crippen molar-refractivity contribution in [3.63, 3.8) is 0 Å². The number of nitrogens with one attached hydrogen (secondary N) is 2. The van der Waals surface area contributed by atoms with Gasteiger partial charge in [-0.2, -0.15) is 0 Å². The normalized spacial score (nSPS) is 20.1. The van der Waals surface area contributed by atoms with E-state index in [4.69, 9.17) is 27.9 Å². The Morgan fingerprint density at radius 2 is 2.00 bits per heavy atom. The molecule has 1 aliphatic heterocycles. The number of carboxylic acids is 1. The van der Waals surface area contributed by atoms with Crippen LogP contribution in [0.15, 0.2) is 18.2 Å². The summed E-state index contributed by atoms with van der Waals surface area (Å²) in [5, 5.41) is 14.5. The number of benzene rings is 1. The molecule has 3 N–H and O–H groups in total. The van der Waals surface area contributed by atoms with Crippen LogP contribution in [0.25, 0.3) is 0 Å². The molecule has 0 bridgehead atoms. The molecule has 9 heteroatoms. The van der Waals surface area contributed by atoms with Gasteiger partial charge in [0.25, 0.3) is 5.91 Å². The summed E-state index contributed by atoms with van der Waals surface area (Å²) in [6.45, 7) is -0.217. The molecular formula is C14H14Cl2N2O5. The summed E-state index contributed by atoms with van der Waals surface area (Å²) in [5.74, 6) is -2.31. The van der Waals surface area contributed by atoms with Crippen molar-refractivity contribution < 1.29 is 24.2 Å². The van der Waals surface area contributed by atoms with Gasteiger partial charge in [-0.05, 0) is 18.2 Å². The molecule has 124 valence electrons. The Morgan fingerprint density at radius 1 is 1.26 bits per heavy atom. The standard InChI is InChI=1S/C14H14Cl2N2O5/c15-9-2-1-8(5-10(9)16)12(20)17-6-11(19)18-14(13(21)22)3-4-23-7-14/h1-2,5H,3-4,6-7H2,(H,17,20)(H,18,19)(H,21,22). The molecule has 1 unspecified atom stereocenters. The Hall–Kier alpha value is -1.83. The lowest BCUT2D eigenvalue weighted by Crippen LogP contribution is -2.57. The maximum Gasteiger partial charge on any atom is 0.331 e. The minimum absolute atomic E-state index is 0.102. The van der Waals surface area contributed by atoms with Gasteiger partial charge in [0.15, 0.2) is 5.54 Å². The van der Waals surface area contributed by atoms with Gasteiger partial charge < -0.3 is 20.5 Å². The summed E-state index contributed by atoms with van der Waals surface area (Å²) in [4.78, 5) is 35.1. The van der Waals surface area contributed by atoms with Crippen LogP contribution in [-0.2, 0) is 14.3 Å². The van der Waals surface area contributed by atoms with Crippen LogP contribution in [0.5, 0.6) is 0 Å². The van der Waals surface area contributed by atoms with Crippen molar-refractivity contribution in [2.75, 3.05) is 19.8 Å². The molecule has 0 saturated carbocycles. The predicted molar refractivity (Wildman–Crippen MR) is 82.7 cm³/mol. The topological polar surface area (TPSA) is 105 Å². The van der Waals surface area contributed by atoms with Crippen LogP contribution in [0.1, 0.15) is 16.8 Å². The molecule has 2 amide bonds. The number of ether oxygens (including phenoxy) is 1. The van der Waals surface area contributed by atoms with Crippen LogP contribution in [0, 0.1) is 0 Å². The van der Waals surface area contributed by atoms with Gasteiger partial charge in [-0.3, -0.25) is 9.59 Å². The number of carboxylic acid groups (broad SMARTS) is 1. The Balaban J connectivity index is 1.92. The maximum atomic E-state index is 11.9. The highest BCUT2D eigenvalue weighted by molar-refractivity contribution is 6.42. The fourth-order valence-corrected chi connectivity index (χ4v) is 2.39. The Morgan fingerprint density at radius 3 is 2.57 bits per heavy atom. The molecule has 0 aromatic heterocycles. The number of rotatable bonds is 5. The van der Waals surface area contributed by atoms with E-state index in [-0.39, 0.29) is 36.8 Å². The fraction of sp³-hybridized carbons (Fsp3) is 0.357. The highest BCUT2D eigenvalue weighted by atomic mass is 35.5. The molecule has 0 aliphatic carbocycles. The first kappa shape index (κ1) is 17.5. The van der Waals surface area contributed by atoms with Crippen LogP contribution < -0.4 is 10.6 Å². The van der Waals surface area contributed by atoms with Gasteiger partial charge in [0, 0.05) is 18.6 Å². The van der Waals surface area contributed by atoms with E-state index in [1.54, 1.807) is 0 Å². The monoisotopic (exact) mass is 360 g/mol. The van der Waals surface area contributed by atoms with Crippen molar-refractivity contribution in [1.82, 2.24) is 10.6 Å². The van der Waals surface area contributed by atoms with Crippen LogP contribution in [-0.4, -0.2) is 48.2 Å². The molecule has 1 fully saturated rings. The number of hydrogen-bond donors (Lipinski definition) is 3. The number of aliphatic carboxylic acids is 1. The lowest BCUT2D eigenvalue weighted by Gasteiger charge is -2.23. The number of carbonyl (C=O) groups is 3. The van der Waals surface area contributed by atoms with E-state index in [9.17, 15) is 19.5 Å². The highest BCUT2D eigenvalue weighted by Crippen LogP contribution is 2.22. The Labute approximate surface area is 141 Å². The second kappa shape index (κ2) is 7.16. The molecule has 1 aromatic carbocycles. The van der Waals surface area contributed by atoms with E-state index in [2.05, 4.69) is 10.6 Å². The molecule has 1 aromatic rings. The predicted octanol–water partition coefficient (Wildman–Crippen LogP) is 1.08. The van der Waals surface area contributed by atoms with E-state index >= 15 is 0 Å². The van der Waals surface area contributed by atoms with E-state index in [0.717, 1.165) is 0 Å². The molecule has 0 radical (unpaired) electrons. The summed E-state index contributed by atoms with van der Waals surface area (Å²) >= 11 is 11.6. The molecule has 2 rings (SSSR count). The van der Waals surface area contributed by atoms with Gasteiger partial charge in [0.1, 0.15) is 0 Å². The zero-order valence-corrected chi connectivity index (χ0v) is 13.4. The molecule has 1 saturated heterocycles. The highest BCUT2D eigenvalue weighted by Gasteiger charge is 2.43. The smallest absolute Gasteiger partial charge is 0.331 e. The first-order chi connectivity index (χ1) is 10.8. The molecule has 0 spiro atoms. The average molecular weight is 361 g/mol. The zero-order valence-electron chi connectivity index (χ0n) is 11.9. The van der Waals surface area contributed by atoms with Gasteiger partial charge in [-0.25, -0.2) is 4.79 Å². The third-order valence-corrected chi connectivity index (χ3v) is 4.14. The molecule has 7 nitrogen and oxygen atoms in total. The van der Waals surface area contributed by atoms with Crippen LogP contribution >= 0.6 is 23.2 Å². The van der Waals surface area contributed by atoms with Crippen molar-refractivity contribution in [2.45, 2.75) is 12.0 Å². The summed E-state index contributed by atoms with van der Waals surface area (Å²) in [6, 6.07) is 4.31. The van der Waals surface area contributed by atoms with Gasteiger partial charge in [-0.15, -0.1) is 0 Å². The van der Waals surface area contributed by atoms with Crippen molar-refractivity contribution in [3.05, 3.63) is 33.8 Å². The molecule has 23 heavy (non-hydrogen) atoms. The fourth-order valence-electron chi connectivity index (χ4n) is 2.10. The summed E-state index contributed by atoms with van der Waals surface area (Å²) < 4.78 is 5.03. The maximum absolute atomic E-state index is 11.9. The third-order valence-electron chi connectivity index (χ3n) is 3.40. The SMILES string of the molecule is O=C(CNC(=O)c1ccc(Cl)c(Cl)c1)NC1(C(=O)O)CCOC1. The molecule has 1 atom stereocenters. The van der Waals surface area contributed by atoms with Gasteiger partial charge in [0.05, 0.1) is 23.2 Å². The van der Waals surface area contributed by atoms with Crippen LogP contribution in [0.4, 0.5) is 0 Å². The average Bonchev–Trinajstić information content (AvgIpc) is 2.97. The van der Waals surface area contributed by atoms with E-state index < -0.39 is 23.3 Å². The second-order valence-electron chi connectivity index (χ2n) is 5.05. The molecule has 1 heterocycles. The van der Waals surface area contributed by atoms with Crippen molar-refractivity contribution in [2.24, 2.45) is 0 Å². The minimum Gasteiger partial charge on any atom is -0.479 e. The van der Waals surface area contributed by atoms with Crippen molar-refractivity contribution in [1.29, 1.82) is 0 Å². The quantitative estimate of drug-likeness (QED) is 0.728. The Bertz CT molecular complexity index is 644. The number of halogens is 2. The summed E-state index contributed by atoms with van der Waals surface area (Å²) in [7, 11) is 0. The third kappa shape index (κ3) is 4.13. The minimum atomic E-state index is -1.44. The van der Waals surface area contributed by atoms with Gasteiger partial charge >= 0.3 is 5.97 Å². The number of hydrogen-bond acceptors (Lipinski definition) is 4. The largest absolute Gasteiger partial charge is 0.479 e. The summed E-state index contributed by atoms with van der Waals surface area (Å²) in [5.41, 5.74) is -1.20. The van der Waals surface area contributed by atoms with Gasteiger partial charge in [0.2, 0.25) is 5.91 Å². The second-order valence-corrected chi connectivity index (χ2v) is 5.86. The molecular weight excluding hydrogens is 347 g/mol. The first-order valence-electron chi connectivity index (χ1n) is 6.69. The van der Waals surface area contributed by atoms with E-state index in [0.29, 0.717) is 5.02 Å². The zero-order chi connectivity index (χ0) is 17.0. The number of carbonyl (C=O) groups excluding carboxylic acids is 2. The van der Waals surface area contributed by atoms with Crippen molar-refractivity contribution >= 4 is 41.0 Å². The van der Waals surface area contributed by atoms with Crippen LogP contribution in [0.2, 0.25) is 10.0 Å². The summed E-state index contributed by atoms with van der Waals surface area (Å²) in [6.07, 6.45) is 0.175.